The second-order valence-corrected chi connectivity index (χ2v) is 14.3. The SMILES string of the molecule is c1ccc(-c2nc(-c3ccccc3)nc(-c3cccc(-c4ccccc4Oc4ccccc4-c4cccc(-c5nc(-c6ccccc6)nc(-c6ccccc6)n5)c4)c3)n2)cc1. The molecule has 10 rings (SSSR count). The summed E-state index contributed by atoms with van der Waals surface area (Å²) >= 11 is 0. The van der Waals surface area contributed by atoms with Crippen molar-refractivity contribution >= 4 is 0 Å². The van der Waals surface area contributed by atoms with Crippen molar-refractivity contribution in [2.24, 2.45) is 0 Å². The van der Waals surface area contributed by atoms with E-state index < -0.39 is 0 Å². The molecule has 10 aromatic rings. The molecule has 0 bridgehead atoms. The minimum absolute atomic E-state index is 0.586. The Labute approximate surface area is 353 Å². The maximum atomic E-state index is 6.87. The van der Waals surface area contributed by atoms with Crippen LogP contribution in [0.5, 0.6) is 11.5 Å². The summed E-state index contributed by atoms with van der Waals surface area (Å²) < 4.78 is 6.87. The maximum Gasteiger partial charge on any atom is 0.164 e. The number of nitrogens with zero attached hydrogens (tertiary/aromatic N) is 6. The van der Waals surface area contributed by atoms with Crippen LogP contribution in [-0.2, 0) is 0 Å². The van der Waals surface area contributed by atoms with Crippen molar-refractivity contribution in [1.82, 2.24) is 29.9 Å². The molecule has 0 amide bonds. The Hall–Kier alpha value is -8.42. The predicted molar refractivity (Wildman–Crippen MR) is 243 cm³/mol. The van der Waals surface area contributed by atoms with Crippen molar-refractivity contribution in [1.29, 1.82) is 0 Å². The monoisotopic (exact) mass is 784 g/mol. The molecule has 7 nitrogen and oxygen atoms in total. The zero-order valence-electron chi connectivity index (χ0n) is 32.9. The van der Waals surface area contributed by atoms with Crippen LogP contribution in [-0.4, -0.2) is 29.9 Å². The standard InChI is InChI=1S/C54H36N6O/c1-5-19-37(20-6-1)49-55-50(38-21-7-2-8-22-38)58-53(57-49)43-29-17-27-41(35-43)45-31-13-15-33-47(45)61-48-34-16-14-32-46(48)42-28-18-30-44(36-42)54-59-51(39-23-9-3-10-24-39)56-52(60-54)40-25-11-4-12-26-40/h1-36H. The van der Waals surface area contributed by atoms with Gasteiger partial charge in [0.25, 0.3) is 0 Å². The van der Waals surface area contributed by atoms with E-state index in [-0.39, 0.29) is 0 Å². The zero-order valence-corrected chi connectivity index (χ0v) is 32.9. The molecule has 0 unspecified atom stereocenters. The van der Waals surface area contributed by atoms with Crippen LogP contribution in [0.2, 0.25) is 0 Å². The first-order chi connectivity index (χ1) is 30.2. The van der Waals surface area contributed by atoms with Crippen molar-refractivity contribution in [2.75, 3.05) is 0 Å². The smallest absolute Gasteiger partial charge is 0.164 e. The van der Waals surface area contributed by atoms with E-state index in [1.807, 2.05) is 182 Å². The summed E-state index contributed by atoms with van der Waals surface area (Å²) in [6, 6.07) is 72.7. The largest absolute Gasteiger partial charge is 0.456 e. The summed E-state index contributed by atoms with van der Waals surface area (Å²) in [5.41, 5.74) is 9.21. The third-order valence-corrected chi connectivity index (χ3v) is 10.3. The number of hydrogen-bond donors (Lipinski definition) is 0. The topological polar surface area (TPSA) is 86.6 Å². The molecule has 0 aliphatic carbocycles. The van der Waals surface area contributed by atoms with Gasteiger partial charge in [0.1, 0.15) is 11.5 Å². The average Bonchev–Trinajstić information content (AvgIpc) is 3.35. The Morgan fingerprint density at radius 3 is 0.787 bits per heavy atom. The molecular formula is C54H36N6O. The van der Waals surface area contributed by atoms with E-state index in [1.165, 1.54) is 0 Å². The van der Waals surface area contributed by atoms with Crippen LogP contribution in [0, 0.1) is 0 Å². The quantitative estimate of drug-likeness (QED) is 0.136. The molecule has 0 radical (unpaired) electrons. The second-order valence-electron chi connectivity index (χ2n) is 14.3. The minimum atomic E-state index is 0.586. The van der Waals surface area contributed by atoms with E-state index in [0.29, 0.717) is 46.4 Å². The van der Waals surface area contributed by atoms with Crippen LogP contribution < -0.4 is 4.74 Å². The van der Waals surface area contributed by atoms with E-state index in [1.54, 1.807) is 0 Å². The van der Waals surface area contributed by atoms with Gasteiger partial charge in [-0.3, -0.25) is 0 Å². The van der Waals surface area contributed by atoms with Gasteiger partial charge < -0.3 is 4.74 Å². The van der Waals surface area contributed by atoms with E-state index in [2.05, 4.69) is 36.4 Å². The summed E-state index contributed by atoms with van der Waals surface area (Å²) in [6.07, 6.45) is 0. The van der Waals surface area contributed by atoms with Gasteiger partial charge in [0.15, 0.2) is 34.9 Å². The number of hydrogen-bond acceptors (Lipinski definition) is 7. The van der Waals surface area contributed by atoms with Crippen molar-refractivity contribution in [2.45, 2.75) is 0 Å². The Morgan fingerprint density at radius 1 is 0.213 bits per heavy atom. The summed E-state index contributed by atoms with van der Waals surface area (Å²) in [5, 5.41) is 0. The minimum Gasteiger partial charge on any atom is -0.456 e. The molecule has 0 atom stereocenters. The van der Waals surface area contributed by atoms with Gasteiger partial charge in [-0.05, 0) is 35.4 Å². The fourth-order valence-corrected chi connectivity index (χ4v) is 7.23. The zero-order chi connectivity index (χ0) is 40.8. The second kappa shape index (κ2) is 16.8. The molecule has 2 aromatic heterocycles. The van der Waals surface area contributed by atoms with E-state index in [9.17, 15) is 0 Å². The van der Waals surface area contributed by atoms with Crippen LogP contribution in [0.3, 0.4) is 0 Å². The van der Waals surface area contributed by atoms with Crippen LogP contribution in [0.15, 0.2) is 218 Å². The highest BCUT2D eigenvalue weighted by molar-refractivity contribution is 5.79. The maximum absolute atomic E-state index is 6.87. The lowest BCUT2D eigenvalue weighted by atomic mass is 10.0. The van der Waals surface area contributed by atoms with Crippen molar-refractivity contribution in [3.63, 3.8) is 0 Å². The van der Waals surface area contributed by atoms with Gasteiger partial charge in [0.2, 0.25) is 0 Å². The Balaban J connectivity index is 1.00. The fraction of sp³-hybridized carbons (Fsp3) is 0. The number of benzene rings is 8. The summed E-state index contributed by atoms with van der Waals surface area (Å²) in [6.45, 7) is 0. The lowest BCUT2D eigenvalue weighted by Crippen LogP contribution is -2.00. The molecule has 0 spiro atoms. The van der Waals surface area contributed by atoms with Crippen LogP contribution in [0.25, 0.3) is 90.6 Å². The van der Waals surface area contributed by atoms with Gasteiger partial charge in [-0.2, -0.15) is 0 Å². The first-order valence-electron chi connectivity index (χ1n) is 20.0. The highest BCUT2D eigenvalue weighted by Crippen LogP contribution is 2.40. The molecule has 0 aliphatic rings. The summed E-state index contributed by atoms with van der Waals surface area (Å²) in [7, 11) is 0. The number of rotatable bonds is 10. The van der Waals surface area contributed by atoms with Gasteiger partial charge in [-0.15, -0.1) is 0 Å². The molecule has 61 heavy (non-hydrogen) atoms. The molecule has 0 N–H and O–H groups in total. The van der Waals surface area contributed by atoms with Crippen molar-refractivity contribution in [3.05, 3.63) is 218 Å². The molecule has 0 saturated carbocycles. The highest BCUT2D eigenvalue weighted by Gasteiger charge is 2.17. The summed E-state index contributed by atoms with van der Waals surface area (Å²) in [5.74, 6) is 5.06. The highest BCUT2D eigenvalue weighted by atomic mass is 16.5. The first kappa shape index (κ1) is 36.9. The molecule has 0 saturated heterocycles. The third kappa shape index (κ3) is 8.04. The fourth-order valence-electron chi connectivity index (χ4n) is 7.23. The lowest BCUT2D eigenvalue weighted by Gasteiger charge is -2.16. The van der Waals surface area contributed by atoms with Gasteiger partial charge >= 0.3 is 0 Å². The average molecular weight is 785 g/mol. The van der Waals surface area contributed by atoms with E-state index >= 15 is 0 Å². The predicted octanol–water partition coefficient (Wildman–Crippen LogP) is 13.2. The molecule has 2 heterocycles. The third-order valence-electron chi connectivity index (χ3n) is 10.3. The van der Waals surface area contributed by atoms with E-state index in [0.717, 1.165) is 55.6 Å². The lowest BCUT2D eigenvalue weighted by molar-refractivity contribution is 0.486. The van der Waals surface area contributed by atoms with Gasteiger partial charge in [-0.1, -0.05) is 194 Å². The summed E-state index contributed by atoms with van der Waals surface area (Å²) in [4.78, 5) is 29.6. The van der Waals surface area contributed by atoms with Crippen molar-refractivity contribution < 1.29 is 4.74 Å². The molecular weight excluding hydrogens is 749 g/mol. The molecule has 0 fully saturated rings. The van der Waals surface area contributed by atoms with Gasteiger partial charge in [0.05, 0.1) is 0 Å². The van der Waals surface area contributed by atoms with Gasteiger partial charge in [0, 0.05) is 44.5 Å². The molecule has 288 valence electrons. The van der Waals surface area contributed by atoms with E-state index in [4.69, 9.17) is 34.6 Å². The van der Waals surface area contributed by atoms with Crippen molar-refractivity contribution in [3.8, 4) is 102 Å². The van der Waals surface area contributed by atoms with Crippen LogP contribution in [0.1, 0.15) is 0 Å². The Kier molecular flexibility index (Phi) is 10.2. The van der Waals surface area contributed by atoms with Crippen LogP contribution in [0.4, 0.5) is 0 Å². The molecule has 7 heteroatoms. The number of para-hydroxylation sites is 2. The Morgan fingerprint density at radius 2 is 0.459 bits per heavy atom. The molecule has 0 aliphatic heterocycles. The molecule has 8 aromatic carbocycles. The first-order valence-corrected chi connectivity index (χ1v) is 20.0. The number of ether oxygens (including phenoxy) is 1. The van der Waals surface area contributed by atoms with Gasteiger partial charge in [-0.25, -0.2) is 29.9 Å². The Bertz CT molecular complexity index is 2780. The normalized spacial score (nSPS) is 11.0. The number of aromatic nitrogens is 6. The van der Waals surface area contributed by atoms with Crippen LogP contribution >= 0.6 is 0 Å².